The highest BCUT2D eigenvalue weighted by atomic mass is 32.1. The van der Waals surface area contributed by atoms with Crippen LogP contribution < -0.4 is 29.1 Å². The Hall–Kier alpha value is -4.18. The molecule has 37 heavy (non-hydrogen) atoms. The van der Waals surface area contributed by atoms with Crippen LogP contribution >= 0.6 is 11.3 Å². The molecule has 0 saturated heterocycles. The number of methoxy groups -OCH3 is 2. The largest absolute Gasteiger partial charge is 0.497 e. The Morgan fingerprint density at radius 2 is 1.81 bits per heavy atom. The van der Waals surface area contributed by atoms with Gasteiger partial charge in [-0.2, -0.15) is 0 Å². The van der Waals surface area contributed by atoms with Crippen molar-refractivity contribution in [2.24, 2.45) is 4.99 Å². The lowest BCUT2D eigenvalue weighted by Crippen LogP contribution is -2.39. The van der Waals surface area contributed by atoms with Gasteiger partial charge in [-0.25, -0.2) is 9.79 Å². The lowest BCUT2D eigenvalue weighted by molar-refractivity contribution is -0.139. The maximum absolute atomic E-state index is 13.7. The number of carbonyl (C=O) groups excluding carboxylic acids is 2. The summed E-state index contributed by atoms with van der Waals surface area (Å²) in [6.45, 7) is 4.96. The molecule has 0 aliphatic carbocycles. The molecule has 192 valence electrons. The van der Waals surface area contributed by atoms with Crippen molar-refractivity contribution in [3.63, 3.8) is 0 Å². The van der Waals surface area contributed by atoms with Crippen molar-refractivity contribution < 1.29 is 28.5 Å². The minimum Gasteiger partial charge on any atom is -0.497 e. The average Bonchev–Trinajstić information content (AvgIpc) is 3.18. The van der Waals surface area contributed by atoms with E-state index in [-0.39, 0.29) is 17.9 Å². The van der Waals surface area contributed by atoms with E-state index < -0.39 is 18.0 Å². The molecule has 2 heterocycles. The number of allylic oxidation sites excluding steroid dienone is 1. The highest BCUT2D eigenvalue weighted by Crippen LogP contribution is 2.32. The van der Waals surface area contributed by atoms with Crippen molar-refractivity contribution in [3.05, 3.63) is 84.5 Å². The zero-order chi connectivity index (χ0) is 26.7. The van der Waals surface area contributed by atoms with Gasteiger partial charge in [0.25, 0.3) is 5.56 Å². The second-order valence-electron chi connectivity index (χ2n) is 8.08. The quantitative estimate of drug-likeness (QED) is 0.347. The second kappa shape index (κ2) is 10.8. The van der Waals surface area contributed by atoms with E-state index in [0.29, 0.717) is 37.7 Å². The fourth-order valence-corrected chi connectivity index (χ4v) is 5.10. The zero-order valence-corrected chi connectivity index (χ0v) is 21.9. The van der Waals surface area contributed by atoms with Crippen LogP contribution in [0.25, 0.3) is 6.08 Å². The van der Waals surface area contributed by atoms with E-state index in [1.807, 2.05) is 12.1 Å². The lowest BCUT2D eigenvalue weighted by Gasteiger charge is -2.24. The number of nitrogens with zero attached hydrogens (tertiary/aromatic N) is 2. The molecule has 0 amide bonds. The van der Waals surface area contributed by atoms with Gasteiger partial charge in [-0.3, -0.25) is 14.2 Å². The summed E-state index contributed by atoms with van der Waals surface area (Å²) in [5, 5.41) is 0. The first-order valence-corrected chi connectivity index (χ1v) is 12.3. The van der Waals surface area contributed by atoms with Crippen LogP contribution in [-0.4, -0.2) is 37.3 Å². The molecule has 2 aromatic carbocycles. The van der Waals surface area contributed by atoms with Crippen LogP contribution in [0.2, 0.25) is 0 Å². The van der Waals surface area contributed by atoms with Gasteiger partial charge in [0.2, 0.25) is 0 Å². The Kier molecular flexibility index (Phi) is 7.58. The number of thiazole rings is 1. The molecule has 0 bridgehead atoms. The number of ether oxygens (including phenoxy) is 4. The van der Waals surface area contributed by atoms with E-state index in [0.717, 1.165) is 5.56 Å². The maximum atomic E-state index is 13.7. The molecule has 0 spiro atoms. The van der Waals surface area contributed by atoms with Crippen LogP contribution in [0.15, 0.2) is 63.5 Å². The summed E-state index contributed by atoms with van der Waals surface area (Å²) in [4.78, 5) is 43.1. The second-order valence-corrected chi connectivity index (χ2v) is 9.09. The predicted octanol–water partition coefficient (Wildman–Crippen LogP) is 2.74. The number of aromatic nitrogens is 1. The lowest BCUT2D eigenvalue weighted by atomic mass is 9.96. The first kappa shape index (κ1) is 25.9. The van der Waals surface area contributed by atoms with E-state index in [1.54, 1.807) is 57.4 Å². The molecule has 4 rings (SSSR count). The summed E-state index contributed by atoms with van der Waals surface area (Å²) >= 11 is 1.21. The number of benzene rings is 2. The summed E-state index contributed by atoms with van der Waals surface area (Å²) in [6.07, 6.45) is 1.71. The molecule has 0 N–H and O–H groups in total. The van der Waals surface area contributed by atoms with Gasteiger partial charge in [0.15, 0.2) is 16.3 Å². The van der Waals surface area contributed by atoms with Crippen LogP contribution in [0.5, 0.6) is 17.2 Å². The molecule has 3 aromatic rings. The van der Waals surface area contributed by atoms with Crippen LogP contribution in [0, 0.1) is 0 Å². The molecule has 0 saturated carbocycles. The Bertz CT molecular complexity index is 1570. The molecule has 0 fully saturated rings. The molecule has 10 heteroatoms. The minimum absolute atomic E-state index is 0.195. The zero-order valence-electron chi connectivity index (χ0n) is 21.1. The van der Waals surface area contributed by atoms with Crippen molar-refractivity contribution in [1.29, 1.82) is 0 Å². The predicted molar refractivity (Wildman–Crippen MR) is 138 cm³/mol. The summed E-state index contributed by atoms with van der Waals surface area (Å²) in [7, 11) is 3.04. The molecular formula is C27H26N2O7S. The fourth-order valence-electron chi connectivity index (χ4n) is 4.06. The normalized spacial score (nSPS) is 15.1. The third-order valence-corrected chi connectivity index (χ3v) is 6.67. The third-order valence-electron chi connectivity index (χ3n) is 5.69. The first-order valence-electron chi connectivity index (χ1n) is 11.5. The van der Waals surface area contributed by atoms with Gasteiger partial charge in [-0.15, -0.1) is 0 Å². The summed E-state index contributed by atoms with van der Waals surface area (Å²) < 4.78 is 23.0. The molecule has 9 nitrogen and oxygen atoms in total. The number of fused-ring (bicyclic) bond motifs is 1. The van der Waals surface area contributed by atoms with Crippen molar-refractivity contribution in [2.75, 3.05) is 20.8 Å². The first-order chi connectivity index (χ1) is 17.8. The maximum Gasteiger partial charge on any atom is 0.338 e. The molecule has 0 radical (unpaired) electrons. The summed E-state index contributed by atoms with van der Waals surface area (Å²) in [6, 6.07) is 11.5. The number of esters is 2. The van der Waals surface area contributed by atoms with Crippen LogP contribution in [0.3, 0.4) is 0 Å². The Balaban J connectivity index is 1.88. The number of rotatable bonds is 7. The van der Waals surface area contributed by atoms with E-state index in [2.05, 4.69) is 4.99 Å². The average molecular weight is 523 g/mol. The molecule has 1 aliphatic heterocycles. The third kappa shape index (κ3) is 5.19. The van der Waals surface area contributed by atoms with Gasteiger partial charge in [0, 0.05) is 6.92 Å². The number of hydrogen-bond acceptors (Lipinski definition) is 9. The Morgan fingerprint density at radius 1 is 1.08 bits per heavy atom. The molecule has 1 aliphatic rings. The topological polar surface area (TPSA) is 105 Å². The van der Waals surface area contributed by atoms with Gasteiger partial charge in [-0.05, 0) is 55.3 Å². The van der Waals surface area contributed by atoms with E-state index >= 15 is 0 Å². The van der Waals surface area contributed by atoms with Crippen molar-refractivity contribution in [1.82, 2.24) is 4.57 Å². The van der Waals surface area contributed by atoms with Gasteiger partial charge < -0.3 is 18.9 Å². The van der Waals surface area contributed by atoms with E-state index in [1.165, 1.54) is 29.9 Å². The molecule has 1 atom stereocenters. The van der Waals surface area contributed by atoms with Crippen LogP contribution in [-0.2, 0) is 14.3 Å². The fraction of sp³-hybridized carbons (Fsp3) is 0.259. The van der Waals surface area contributed by atoms with Gasteiger partial charge in [0.05, 0.1) is 42.7 Å². The molecular weight excluding hydrogens is 496 g/mol. The van der Waals surface area contributed by atoms with Gasteiger partial charge in [0.1, 0.15) is 5.75 Å². The Labute approximate surface area is 216 Å². The van der Waals surface area contributed by atoms with Crippen molar-refractivity contribution >= 4 is 29.4 Å². The monoisotopic (exact) mass is 522 g/mol. The smallest absolute Gasteiger partial charge is 0.338 e. The highest BCUT2D eigenvalue weighted by Gasteiger charge is 2.33. The Morgan fingerprint density at radius 3 is 2.43 bits per heavy atom. The minimum atomic E-state index is -0.718. The van der Waals surface area contributed by atoms with E-state index in [9.17, 15) is 14.4 Å². The van der Waals surface area contributed by atoms with Crippen LogP contribution in [0.1, 0.15) is 37.9 Å². The SMILES string of the molecule is CCOC(=O)C1=C(C)N=c2sc(=Cc3ccc(OC(C)=O)c(OC)c3)c(=O)n2C1c1ccc(OC)cc1. The van der Waals surface area contributed by atoms with Crippen LogP contribution in [0.4, 0.5) is 0 Å². The molecule has 1 unspecified atom stereocenters. The van der Waals surface area contributed by atoms with E-state index in [4.69, 9.17) is 18.9 Å². The number of hydrogen-bond donors (Lipinski definition) is 0. The van der Waals surface area contributed by atoms with Gasteiger partial charge in [-0.1, -0.05) is 29.5 Å². The summed E-state index contributed by atoms with van der Waals surface area (Å²) in [5.74, 6) is 0.298. The highest BCUT2D eigenvalue weighted by molar-refractivity contribution is 7.07. The standard InChI is InChI=1S/C27H26N2O7S/c1-6-35-26(32)23-15(2)28-27-29(24(23)18-8-10-19(33-4)11-9-18)25(31)22(37-27)14-17-7-12-20(36-16(3)30)21(13-17)34-5/h7-14,24H,6H2,1-5H3. The summed E-state index contributed by atoms with van der Waals surface area (Å²) in [5.41, 5.74) is 1.87. The van der Waals surface area contributed by atoms with Crippen molar-refractivity contribution in [2.45, 2.75) is 26.8 Å². The number of carbonyl (C=O) groups is 2. The molecule has 1 aromatic heterocycles. The van der Waals surface area contributed by atoms with Gasteiger partial charge >= 0.3 is 11.9 Å². The van der Waals surface area contributed by atoms with Crippen molar-refractivity contribution in [3.8, 4) is 17.2 Å².